The molecule has 5 rings (SSSR count). The zero-order valence-corrected chi connectivity index (χ0v) is 29.5. The topological polar surface area (TPSA) is 164 Å². The van der Waals surface area contributed by atoms with E-state index in [4.69, 9.17) is 14.5 Å². The van der Waals surface area contributed by atoms with Gasteiger partial charge in [-0.2, -0.15) is 0 Å². The summed E-state index contributed by atoms with van der Waals surface area (Å²) in [5, 5.41) is 13.7. The number of benzene rings is 2. The van der Waals surface area contributed by atoms with E-state index in [1.807, 2.05) is 63.2 Å². The number of fused-ring (bicyclic) bond motifs is 1. The lowest BCUT2D eigenvalue weighted by Crippen LogP contribution is -2.61. The molecule has 1 aliphatic carbocycles. The standard InChI is InChI=1S/C36H46N4O8S/c1-6-16-36(4,35(44)39-49(45,46)26-13-14-26)38-33(42)30-19-25(21-40(30)34(43)31(41)17-22(2)3)48-32-20-28(23-10-8-7-9-11-23)37-29-18-24(47-5)12-15-27(29)32/h7-12,15,18,20,22,25-26,30-31,41H,6,13-14,16-17,19,21H2,1-5H3,(H,38,42)(H,39,44)/t25-,30+,31+,36+/m1/s1. The van der Waals surface area contributed by atoms with Crippen molar-refractivity contribution in [2.24, 2.45) is 5.92 Å². The highest BCUT2D eigenvalue weighted by Crippen LogP contribution is 2.35. The van der Waals surface area contributed by atoms with E-state index in [-0.39, 0.29) is 31.7 Å². The second-order valence-corrected chi connectivity index (χ2v) is 15.6. The summed E-state index contributed by atoms with van der Waals surface area (Å²) in [6.07, 6.45) is -0.152. The summed E-state index contributed by atoms with van der Waals surface area (Å²) in [5.41, 5.74) is 0.590. The number of ether oxygens (including phenoxy) is 2. The van der Waals surface area contributed by atoms with Crippen molar-refractivity contribution in [3.05, 3.63) is 54.6 Å². The number of likely N-dealkylation sites (tertiary alicyclic amines) is 1. The summed E-state index contributed by atoms with van der Waals surface area (Å²) >= 11 is 0. The fourth-order valence-electron chi connectivity index (χ4n) is 6.24. The number of amides is 3. The molecule has 12 nitrogen and oxygen atoms in total. The van der Waals surface area contributed by atoms with Crippen LogP contribution in [-0.4, -0.2) is 83.8 Å². The van der Waals surface area contributed by atoms with Crippen LogP contribution in [0.3, 0.4) is 0 Å². The van der Waals surface area contributed by atoms with Crippen molar-refractivity contribution in [2.45, 2.75) is 95.3 Å². The van der Waals surface area contributed by atoms with E-state index in [9.17, 15) is 27.9 Å². The molecular weight excluding hydrogens is 648 g/mol. The van der Waals surface area contributed by atoms with Crippen LogP contribution in [0.5, 0.6) is 11.5 Å². The average Bonchev–Trinajstić information content (AvgIpc) is 3.85. The summed E-state index contributed by atoms with van der Waals surface area (Å²) in [5.74, 6) is -0.956. The maximum atomic E-state index is 14.0. The normalized spacial score (nSPS) is 19.7. The van der Waals surface area contributed by atoms with Crippen molar-refractivity contribution < 1.29 is 37.4 Å². The van der Waals surface area contributed by atoms with E-state index >= 15 is 0 Å². The molecule has 2 fully saturated rings. The van der Waals surface area contributed by atoms with Crippen LogP contribution in [0.4, 0.5) is 0 Å². The molecule has 1 saturated heterocycles. The van der Waals surface area contributed by atoms with Crippen molar-refractivity contribution in [3.8, 4) is 22.8 Å². The zero-order chi connectivity index (χ0) is 35.5. The molecule has 0 unspecified atom stereocenters. The van der Waals surface area contributed by atoms with Gasteiger partial charge in [0.05, 0.1) is 30.1 Å². The van der Waals surface area contributed by atoms with Crippen LogP contribution in [0.1, 0.15) is 66.2 Å². The first-order chi connectivity index (χ1) is 23.2. The smallest absolute Gasteiger partial charge is 0.258 e. The lowest BCUT2D eigenvalue weighted by molar-refractivity contribution is -0.147. The summed E-state index contributed by atoms with van der Waals surface area (Å²) in [4.78, 5) is 47.2. The van der Waals surface area contributed by atoms with Gasteiger partial charge in [0.2, 0.25) is 15.9 Å². The van der Waals surface area contributed by atoms with Crippen LogP contribution in [0.15, 0.2) is 54.6 Å². The Morgan fingerprint density at radius 1 is 1.10 bits per heavy atom. The number of carbonyl (C=O) groups is 3. The zero-order valence-electron chi connectivity index (χ0n) is 28.6. The third-order valence-electron chi connectivity index (χ3n) is 9.02. The van der Waals surface area contributed by atoms with Crippen LogP contribution < -0.4 is 19.5 Å². The molecule has 4 atom stereocenters. The van der Waals surface area contributed by atoms with Gasteiger partial charge in [0.25, 0.3) is 11.8 Å². The minimum Gasteiger partial charge on any atom is -0.497 e. The van der Waals surface area contributed by atoms with Crippen molar-refractivity contribution >= 4 is 38.6 Å². The summed E-state index contributed by atoms with van der Waals surface area (Å²) < 4.78 is 39.4. The minimum absolute atomic E-state index is 0.000532. The highest BCUT2D eigenvalue weighted by Gasteiger charge is 2.47. The molecule has 0 spiro atoms. The number of hydrogen-bond acceptors (Lipinski definition) is 9. The quantitative estimate of drug-likeness (QED) is 0.227. The molecule has 2 heterocycles. The number of nitrogens with one attached hydrogen (secondary N) is 2. The van der Waals surface area contributed by atoms with Crippen LogP contribution in [0, 0.1) is 5.92 Å². The molecule has 3 aromatic rings. The van der Waals surface area contributed by atoms with Crippen molar-refractivity contribution in [1.82, 2.24) is 19.9 Å². The number of aromatic nitrogens is 1. The molecule has 0 bridgehead atoms. The third kappa shape index (κ3) is 8.33. The van der Waals surface area contributed by atoms with Crippen molar-refractivity contribution in [3.63, 3.8) is 0 Å². The van der Waals surface area contributed by atoms with E-state index in [1.165, 1.54) is 11.8 Å². The molecule has 0 radical (unpaired) electrons. The predicted molar refractivity (Wildman–Crippen MR) is 185 cm³/mol. The van der Waals surface area contributed by atoms with Crippen molar-refractivity contribution in [1.29, 1.82) is 0 Å². The highest BCUT2D eigenvalue weighted by atomic mass is 32.2. The van der Waals surface area contributed by atoms with Crippen LogP contribution >= 0.6 is 0 Å². The first-order valence-corrected chi connectivity index (χ1v) is 18.4. The van der Waals surface area contributed by atoms with Gasteiger partial charge in [-0.3, -0.25) is 19.1 Å². The summed E-state index contributed by atoms with van der Waals surface area (Å²) in [7, 11) is -2.29. The van der Waals surface area contributed by atoms with Gasteiger partial charge in [0.1, 0.15) is 35.3 Å². The van der Waals surface area contributed by atoms with E-state index in [1.54, 1.807) is 19.2 Å². The molecule has 1 aromatic heterocycles. The van der Waals surface area contributed by atoms with Gasteiger partial charge in [-0.1, -0.05) is 57.5 Å². The fraction of sp³-hybridized carbons (Fsp3) is 0.500. The number of hydrogen-bond donors (Lipinski definition) is 3. The van der Waals surface area contributed by atoms with Gasteiger partial charge in [-0.15, -0.1) is 0 Å². The van der Waals surface area contributed by atoms with Crippen LogP contribution in [0.2, 0.25) is 0 Å². The molecule has 1 saturated carbocycles. The Bertz CT molecular complexity index is 1800. The van der Waals surface area contributed by atoms with Gasteiger partial charge in [-0.05, 0) is 50.7 Å². The Labute approximate surface area is 287 Å². The Morgan fingerprint density at radius 3 is 2.45 bits per heavy atom. The molecule has 49 heavy (non-hydrogen) atoms. The highest BCUT2D eigenvalue weighted by molar-refractivity contribution is 7.91. The van der Waals surface area contributed by atoms with Gasteiger partial charge in [0, 0.05) is 29.5 Å². The minimum atomic E-state index is -3.86. The first-order valence-electron chi connectivity index (χ1n) is 16.8. The Balaban J connectivity index is 1.45. The molecule has 1 aliphatic heterocycles. The Kier molecular flexibility index (Phi) is 10.8. The number of methoxy groups -OCH3 is 1. The molecular formula is C36H46N4O8S. The lowest BCUT2D eigenvalue weighted by atomic mass is 9.94. The molecule has 13 heteroatoms. The SMILES string of the molecule is CCC[C@](C)(NC(=O)[C@@H]1C[C@@H](Oc2cc(-c3ccccc3)nc3cc(OC)ccc23)CN1C(=O)[C@@H](O)CC(C)C)C(=O)NS(=O)(=O)C1CC1. The maximum absolute atomic E-state index is 14.0. The van der Waals surface area contributed by atoms with Crippen LogP contribution in [-0.2, 0) is 24.4 Å². The van der Waals surface area contributed by atoms with Gasteiger partial charge >= 0.3 is 0 Å². The fourth-order valence-corrected chi connectivity index (χ4v) is 7.65. The number of pyridine rings is 1. The summed E-state index contributed by atoms with van der Waals surface area (Å²) in [6.45, 7) is 7.07. The number of rotatable bonds is 14. The van der Waals surface area contributed by atoms with Gasteiger partial charge < -0.3 is 24.8 Å². The molecule has 2 aromatic carbocycles. The molecule has 2 aliphatic rings. The molecule has 3 amide bonds. The third-order valence-corrected chi connectivity index (χ3v) is 10.8. The van der Waals surface area contributed by atoms with E-state index in [0.717, 1.165) is 5.56 Å². The first kappa shape index (κ1) is 36.1. The van der Waals surface area contributed by atoms with Crippen molar-refractivity contribution in [2.75, 3.05) is 13.7 Å². The number of sulfonamides is 1. The van der Waals surface area contributed by atoms with Gasteiger partial charge in [0.15, 0.2) is 0 Å². The second kappa shape index (κ2) is 14.7. The largest absolute Gasteiger partial charge is 0.497 e. The van der Waals surface area contributed by atoms with E-state index in [0.29, 0.717) is 47.4 Å². The monoisotopic (exact) mass is 694 g/mol. The molecule has 3 N–H and O–H groups in total. The molecule has 264 valence electrons. The Hall–Kier alpha value is -4.23. The number of aliphatic hydroxyl groups excluding tert-OH is 1. The summed E-state index contributed by atoms with van der Waals surface area (Å²) in [6, 6.07) is 15.8. The van der Waals surface area contributed by atoms with Gasteiger partial charge in [-0.25, -0.2) is 13.4 Å². The number of nitrogens with zero attached hydrogens (tertiary/aromatic N) is 2. The predicted octanol–water partition coefficient (Wildman–Crippen LogP) is 3.95. The van der Waals surface area contributed by atoms with E-state index < -0.39 is 56.8 Å². The van der Waals surface area contributed by atoms with E-state index in [2.05, 4.69) is 10.0 Å². The second-order valence-electron chi connectivity index (χ2n) is 13.6. The number of aliphatic hydroxyl groups is 1. The lowest BCUT2D eigenvalue weighted by Gasteiger charge is -2.32. The Morgan fingerprint density at radius 2 is 1.82 bits per heavy atom. The number of carbonyl (C=O) groups excluding carboxylic acids is 3. The average molecular weight is 695 g/mol. The van der Waals surface area contributed by atoms with Crippen LogP contribution in [0.25, 0.3) is 22.2 Å². The maximum Gasteiger partial charge on any atom is 0.258 e.